The van der Waals surface area contributed by atoms with Gasteiger partial charge in [0.2, 0.25) is 0 Å². The molecular weight excluding hydrogens is 360 g/mol. The van der Waals surface area contributed by atoms with E-state index in [0.29, 0.717) is 12.8 Å². The summed E-state index contributed by atoms with van der Waals surface area (Å²) in [6, 6.07) is 0. The molecule has 0 amide bonds. The van der Waals surface area contributed by atoms with Crippen LogP contribution in [0.3, 0.4) is 0 Å². The third-order valence-corrected chi connectivity index (χ3v) is 7.13. The number of fused-ring (bicyclic) bond motifs is 5. The van der Waals surface area contributed by atoms with Crippen molar-refractivity contribution in [2.75, 3.05) is 0 Å². The number of ether oxygens (including phenoxy) is 1. The van der Waals surface area contributed by atoms with Crippen molar-refractivity contribution in [1.82, 2.24) is 0 Å². The molecule has 0 radical (unpaired) electrons. The number of rotatable bonds is 2. The Labute approximate surface area is 164 Å². The molecule has 0 aromatic carbocycles. The molecule has 0 aromatic rings. The summed E-state index contributed by atoms with van der Waals surface area (Å²) in [6.45, 7) is 3.42. The van der Waals surface area contributed by atoms with Crippen LogP contribution in [0.2, 0.25) is 0 Å². The van der Waals surface area contributed by atoms with Crippen LogP contribution in [0, 0.1) is 41.4 Å². The second-order valence-electron chi connectivity index (χ2n) is 9.13. The third-order valence-electron chi connectivity index (χ3n) is 7.13. The van der Waals surface area contributed by atoms with Gasteiger partial charge in [-0.25, -0.2) is 0 Å². The van der Waals surface area contributed by atoms with Crippen LogP contribution in [0.5, 0.6) is 0 Å². The number of allylic oxidation sites excluding steroid dienone is 4. The minimum atomic E-state index is -0.703. The minimum Gasteiger partial charge on any atom is -0.509 e. The highest BCUT2D eigenvalue weighted by atomic mass is 16.5. The Bertz CT molecular complexity index is 765. The summed E-state index contributed by atoms with van der Waals surface area (Å²) < 4.78 is 5.57. The van der Waals surface area contributed by atoms with Crippen LogP contribution in [0.15, 0.2) is 23.7 Å². The zero-order valence-electron chi connectivity index (χ0n) is 16.3. The van der Waals surface area contributed by atoms with Crippen LogP contribution in [-0.2, 0) is 19.1 Å². The van der Waals surface area contributed by atoms with Gasteiger partial charge in [-0.3, -0.25) is 9.59 Å². The first-order chi connectivity index (χ1) is 13.3. The van der Waals surface area contributed by atoms with E-state index in [1.54, 1.807) is 0 Å². The van der Waals surface area contributed by atoms with Gasteiger partial charge in [-0.2, -0.15) is 0 Å². The van der Waals surface area contributed by atoms with Crippen LogP contribution in [-0.4, -0.2) is 33.9 Å². The Morgan fingerprint density at radius 1 is 1.21 bits per heavy atom. The summed E-state index contributed by atoms with van der Waals surface area (Å²) in [7, 11) is 0. The summed E-state index contributed by atoms with van der Waals surface area (Å²) in [5.41, 5.74) is 0. The summed E-state index contributed by atoms with van der Waals surface area (Å²) in [6.07, 6.45) is 5.00. The molecule has 28 heavy (non-hydrogen) atoms. The van der Waals surface area contributed by atoms with E-state index in [0.717, 1.165) is 0 Å². The second kappa shape index (κ2) is 7.14. The molecule has 2 aliphatic heterocycles. The van der Waals surface area contributed by atoms with Crippen molar-refractivity contribution < 1.29 is 29.3 Å². The lowest BCUT2D eigenvalue weighted by Crippen LogP contribution is -2.42. The van der Waals surface area contributed by atoms with E-state index in [2.05, 4.69) is 0 Å². The maximum Gasteiger partial charge on any atom is 0.314 e. The molecule has 1 saturated heterocycles. The minimum absolute atomic E-state index is 0.00664. The first-order valence-corrected chi connectivity index (χ1v) is 10.3. The van der Waals surface area contributed by atoms with Crippen LogP contribution >= 0.6 is 0 Å². The lowest BCUT2D eigenvalue weighted by atomic mass is 9.62. The molecule has 5 rings (SSSR count). The Balaban J connectivity index is 1.83. The Morgan fingerprint density at radius 2 is 1.96 bits per heavy atom. The van der Waals surface area contributed by atoms with Crippen LogP contribution in [0.1, 0.15) is 46.0 Å². The van der Waals surface area contributed by atoms with Crippen molar-refractivity contribution in [1.29, 1.82) is 0 Å². The van der Waals surface area contributed by atoms with Crippen molar-refractivity contribution in [3.8, 4) is 0 Å². The SMILES string of the molecule is CC(=O)C[C@@H]1C2=C(O)C[C@@H](C[C@H](O)C[C@H]3C=C[C@@H]4C(=O)[C@H](C)C[C@@H]4[C@H]31)C(=O)O2. The van der Waals surface area contributed by atoms with E-state index in [-0.39, 0.29) is 71.9 Å². The first-order valence-electron chi connectivity index (χ1n) is 10.3. The topological polar surface area (TPSA) is 101 Å². The van der Waals surface area contributed by atoms with Crippen LogP contribution in [0.25, 0.3) is 0 Å². The van der Waals surface area contributed by atoms with Gasteiger partial charge >= 0.3 is 5.97 Å². The molecule has 0 unspecified atom stereocenters. The van der Waals surface area contributed by atoms with E-state index in [1.807, 2.05) is 19.1 Å². The summed E-state index contributed by atoms with van der Waals surface area (Å²) in [4.78, 5) is 37.2. The van der Waals surface area contributed by atoms with Gasteiger partial charge in [-0.15, -0.1) is 0 Å². The fraction of sp³-hybridized carbons (Fsp3) is 0.682. The molecule has 1 saturated carbocycles. The monoisotopic (exact) mass is 388 g/mol. The van der Waals surface area contributed by atoms with Crippen molar-refractivity contribution in [3.05, 3.63) is 23.7 Å². The molecular formula is C22H28O6. The molecule has 0 aromatic heterocycles. The standard InChI is InChI=1S/C22H28O6/c1-10-5-16-15(20(10)26)4-3-12-7-14(24)8-13-9-18(25)21(28-22(13)27)17(19(12)16)6-11(2)23/h3-4,10,12-17,19,24-25H,5-9H2,1-2H3/t10-,12-,13-,14-,15+,16+,17+,19+/m1/s1. The lowest BCUT2D eigenvalue weighted by Gasteiger charge is -2.44. The number of aliphatic hydroxyl groups excluding tert-OH is 2. The number of ketones is 2. The molecule has 2 fully saturated rings. The van der Waals surface area contributed by atoms with E-state index >= 15 is 0 Å². The van der Waals surface area contributed by atoms with E-state index in [1.165, 1.54) is 6.92 Å². The van der Waals surface area contributed by atoms with Gasteiger partial charge in [0.15, 0.2) is 0 Å². The Morgan fingerprint density at radius 3 is 2.68 bits per heavy atom. The third kappa shape index (κ3) is 3.21. The molecule has 6 heteroatoms. The van der Waals surface area contributed by atoms with Crippen LogP contribution in [0.4, 0.5) is 0 Å². The number of hydrogen-bond acceptors (Lipinski definition) is 6. The summed E-state index contributed by atoms with van der Waals surface area (Å²) in [5, 5.41) is 21.3. The number of carbonyl (C=O) groups excluding carboxylic acids is 3. The van der Waals surface area contributed by atoms with E-state index in [4.69, 9.17) is 4.74 Å². The van der Waals surface area contributed by atoms with Crippen molar-refractivity contribution in [3.63, 3.8) is 0 Å². The highest BCUT2D eigenvalue weighted by Crippen LogP contribution is 2.53. The van der Waals surface area contributed by atoms with Crippen molar-refractivity contribution in [2.24, 2.45) is 41.4 Å². The summed E-state index contributed by atoms with van der Waals surface area (Å²) in [5.74, 6) is -1.52. The number of esters is 1. The molecule has 6 nitrogen and oxygen atoms in total. The van der Waals surface area contributed by atoms with Gasteiger partial charge < -0.3 is 19.7 Å². The predicted octanol–water partition coefficient (Wildman–Crippen LogP) is 2.71. The molecule has 2 heterocycles. The molecule has 152 valence electrons. The fourth-order valence-electron chi connectivity index (χ4n) is 5.97. The largest absolute Gasteiger partial charge is 0.509 e. The van der Waals surface area contributed by atoms with E-state index in [9.17, 15) is 24.6 Å². The van der Waals surface area contributed by atoms with E-state index < -0.39 is 23.9 Å². The normalized spacial score (nSPS) is 42.8. The molecule has 3 aliphatic carbocycles. The van der Waals surface area contributed by atoms with Gasteiger partial charge in [0, 0.05) is 30.6 Å². The maximum absolute atomic E-state index is 12.6. The summed E-state index contributed by atoms with van der Waals surface area (Å²) >= 11 is 0. The zero-order valence-corrected chi connectivity index (χ0v) is 16.3. The van der Waals surface area contributed by atoms with Gasteiger partial charge in [0.25, 0.3) is 0 Å². The van der Waals surface area contributed by atoms with Gasteiger partial charge in [0.1, 0.15) is 23.1 Å². The zero-order chi connectivity index (χ0) is 20.2. The molecule has 5 aliphatic rings. The van der Waals surface area contributed by atoms with Gasteiger partial charge in [-0.05, 0) is 43.9 Å². The fourth-order valence-corrected chi connectivity index (χ4v) is 5.97. The predicted molar refractivity (Wildman–Crippen MR) is 99.8 cm³/mol. The molecule has 0 spiro atoms. The smallest absolute Gasteiger partial charge is 0.314 e. The molecule has 8 atom stereocenters. The average Bonchev–Trinajstić information content (AvgIpc) is 2.90. The Hall–Kier alpha value is -1.95. The van der Waals surface area contributed by atoms with Crippen molar-refractivity contribution >= 4 is 17.5 Å². The van der Waals surface area contributed by atoms with Crippen molar-refractivity contribution in [2.45, 2.75) is 52.1 Å². The number of aliphatic hydroxyl groups is 2. The first kappa shape index (κ1) is 19.4. The average molecular weight is 388 g/mol. The van der Waals surface area contributed by atoms with Gasteiger partial charge in [0.05, 0.1) is 12.0 Å². The number of Topliss-reactive ketones (excluding diaryl/α,β-unsaturated/α-hetero) is 2. The quantitative estimate of drug-likeness (QED) is 0.557. The Kier molecular flexibility index (Phi) is 4.94. The highest BCUT2D eigenvalue weighted by molar-refractivity contribution is 5.87. The van der Waals surface area contributed by atoms with Gasteiger partial charge in [-0.1, -0.05) is 19.1 Å². The highest BCUT2D eigenvalue weighted by Gasteiger charge is 2.52. The lowest BCUT2D eigenvalue weighted by molar-refractivity contribution is -0.151. The second-order valence-corrected chi connectivity index (χ2v) is 9.13. The maximum atomic E-state index is 12.6. The number of carbonyl (C=O) groups is 3. The van der Waals surface area contributed by atoms with Crippen LogP contribution < -0.4 is 0 Å². The molecule has 2 N–H and O–H groups in total. The molecule has 2 bridgehead atoms. The number of hydrogen-bond donors (Lipinski definition) is 2.